The summed E-state index contributed by atoms with van der Waals surface area (Å²) in [6, 6.07) is 11.7. The van der Waals surface area contributed by atoms with Crippen molar-refractivity contribution in [1.82, 2.24) is 10.2 Å². The smallest absolute Gasteiger partial charge is 0.260 e. The van der Waals surface area contributed by atoms with Crippen LogP contribution in [0.3, 0.4) is 0 Å². The second-order valence-electron chi connectivity index (χ2n) is 8.79. The molecule has 178 valence electrons. The fraction of sp³-hybridized carbons (Fsp3) is 0.462. The van der Waals surface area contributed by atoms with Gasteiger partial charge in [-0.2, -0.15) is 0 Å². The number of rotatable bonds is 9. The van der Waals surface area contributed by atoms with Gasteiger partial charge in [0, 0.05) is 26.6 Å². The van der Waals surface area contributed by atoms with Crippen LogP contribution < -0.4 is 10.1 Å². The number of benzene rings is 2. The number of nitrogens with one attached hydrogen (secondary N) is 1. The largest absolute Gasteiger partial charge is 0.481 e. The third kappa shape index (κ3) is 6.32. The van der Waals surface area contributed by atoms with E-state index in [1.165, 1.54) is 12.1 Å². The Morgan fingerprint density at radius 3 is 2.55 bits per heavy atom. The molecule has 33 heavy (non-hydrogen) atoms. The lowest BCUT2D eigenvalue weighted by atomic mass is 9.87. The van der Waals surface area contributed by atoms with Gasteiger partial charge in [-0.1, -0.05) is 32.0 Å². The van der Waals surface area contributed by atoms with Crippen molar-refractivity contribution < 1.29 is 23.5 Å². The Hall–Kier alpha value is -2.93. The molecule has 0 fully saturated rings. The van der Waals surface area contributed by atoms with Crippen molar-refractivity contribution in [3.8, 4) is 5.75 Å². The summed E-state index contributed by atoms with van der Waals surface area (Å²) in [7, 11) is 1.58. The first-order valence-electron chi connectivity index (χ1n) is 11.4. The summed E-state index contributed by atoms with van der Waals surface area (Å²) in [5.74, 6) is 0.310. The summed E-state index contributed by atoms with van der Waals surface area (Å²) in [6.45, 7) is 7.17. The summed E-state index contributed by atoms with van der Waals surface area (Å²) in [6.07, 6.45) is 0.484. The Kier molecular flexibility index (Phi) is 8.44. The average Bonchev–Trinajstić information content (AvgIpc) is 2.78. The molecule has 2 atom stereocenters. The Labute approximate surface area is 195 Å². The molecule has 2 unspecified atom stereocenters. The van der Waals surface area contributed by atoms with Crippen molar-refractivity contribution in [2.45, 2.75) is 45.8 Å². The van der Waals surface area contributed by atoms with Crippen LogP contribution in [0, 0.1) is 11.7 Å². The van der Waals surface area contributed by atoms with Gasteiger partial charge in [-0.05, 0) is 60.2 Å². The number of carbonyl (C=O) groups excluding carboxylic acids is 2. The number of hydrogen-bond donors (Lipinski definition) is 1. The van der Waals surface area contributed by atoms with Gasteiger partial charge >= 0.3 is 0 Å². The van der Waals surface area contributed by atoms with Crippen LogP contribution in [0.4, 0.5) is 4.39 Å². The van der Waals surface area contributed by atoms with E-state index < -0.39 is 6.10 Å². The van der Waals surface area contributed by atoms with Gasteiger partial charge in [0.05, 0.1) is 12.6 Å². The van der Waals surface area contributed by atoms with Crippen molar-refractivity contribution in [3.63, 3.8) is 0 Å². The van der Waals surface area contributed by atoms with E-state index in [0.717, 1.165) is 23.1 Å². The minimum absolute atomic E-state index is 0.0715. The number of ether oxygens (including phenoxy) is 2. The number of methoxy groups -OCH3 is 1. The van der Waals surface area contributed by atoms with Crippen LogP contribution in [-0.4, -0.2) is 49.6 Å². The van der Waals surface area contributed by atoms with Gasteiger partial charge in [0.15, 0.2) is 6.10 Å². The van der Waals surface area contributed by atoms with E-state index in [1.54, 1.807) is 26.2 Å². The molecular formula is C26H33FN2O4. The number of fused-ring (bicyclic) bond motifs is 1. The van der Waals surface area contributed by atoms with Crippen molar-refractivity contribution in [2.75, 3.05) is 26.8 Å². The minimum Gasteiger partial charge on any atom is -0.481 e. The van der Waals surface area contributed by atoms with E-state index in [2.05, 4.69) is 5.32 Å². The number of hydrogen-bond acceptors (Lipinski definition) is 4. The number of amides is 2. The van der Waals surface area contributed by atoms with Gasteiger partial charge in [-0.15, -0.1) is 0 Å². The molecule has 7 heteroatoms. The van der Waals surface area contributed by atoms with Crippen molar-refractivity contribution >= 4 is 11.8 Å². The Morgan fingerprint density at radius 2 is 1.88 bits per heavy atom. The third-order valence-corrected chi connectivity index (χ3v) is 5.72. The zero-order valence-corrected chi connectivity index (χ0v) is 19.8. The topological polar surface area (TPSA) is 67.9 Å². The standard InChI is InChI=1S/C26H33FN2O4/c1-17(2)15-24(30)29-13-11-19-7-10-22(33-18(3)26(31)28-12-14-32-4)16-23(19)25(29)20-5-8-21(27)9-6-20/h5-10,16-18,25H,11-15H2,1-4H3,(H,28,31). The van der Waals surface area contributed by atoms with Gasteiger partial charge in [0.2, 0.25) is 5.91 Å². The predicted molar refractivity (Wildman–Crippen MR) is 125 cm³/mol. The molecule has 0 aliphatic carbocycles. The summed E-state index contributed by atoms with van der Waals surface area (Å²) in [4.78, 5) is 27.3. The number of halogens is 1. The quantitative estimate of drug-likeness (QED) is 0.582. The highest BCUT2D eigenvalue weighted by Crippen LogP contribution is 2.38. The number of nitrogens with zero attached hydrogens (tertiary/aromatic N) is 1. The van der Waals surface area contributed by atoms with E-state index in [1.807, 2.05) is 36.9 Å². The maximum absolute atomic E-state index is 13.6. The summed E-state index contributed by atoms with van der Waals surface area (Å²) < 4.78 is 24.5. The van der Waals surface area contributed by atoms with Crippen LogP contribution in [0.5, 0.6) is 5.75 Å². The molecule has 6 nitrogen and oxygen atoms in total. The highest BCUT2D eigenvalue weighted by Gasteiger charge is 2.32. The van der Waals surface area contributed by atoms with Crippen LogP contribution in [0.2, 0.25) is 0 Å². The lowest BCUT2D eigenvalue weighted by Crippen LogP contribution is -2.41. The van der Waals surface area contributed by atoms with Gasteiger partial charge in [0.25, 0.3) is 5.91 Å². The average molecular weight is 457 g/mol. The molecule has 2 amide bonds. The normalized spacial score (nSPS) is 16.3. The Balaban J connectivity index is 1.90. The molecule has 0 saturated heterocycles. The van der Waals surface area contributed by atoms with E-state index in [4.69, 9.17) is 9.47 Å². The summed E-state index contributed by atoms with van der Waals surface area (Å²) in [5, 5.41) is 2.77. The zero-order valence-electron chi connectivity index (χ0n) is 19.8. The van der Waals surface area contributed by atoms with Crippen molar-refractivity contribution in [3.05, 3.63) is 65.0 Å². The first kappa shape index (κ1) is 24.7. The first-order chi connectivity index (χ1) is 15.8. The van der Waals surface area contributed by atoms with Crippen LogP contribution in [-0.2, 0) is 20.7 Å². The molecule has 0 aromatic heterocycles. The molecule has 3 rings (SSSR count). The highest BCUT2D eigenvalue weighted by atomic mass is 19.1. The molecule has 1 N–H and O–H groups in total. The first-order valence-corrected chi connectivity index (χ1v) is 11.4. The molecule has 1 aliphatic rings. The van der Waals surface area contributed by atoms with Gasteiger partial charge < -0.3 is 19.7 Å². The second-order valence-corrected chi connectivity index (χ2v) is 8.79. The van der Waals surface area contributed by atoms with Gasteiger partial charge in [-0.3, -0.25) is 9.59 Å². The molecule has 2 aromatic carbocycles. The SMILES string of the molecule is COCCNC(=O)C(C)Oc1ccc2c(c1)C(c1ccc(F)cc1)N(C(=O)CC(C)C)CC2. The Morgan fingerprint density at radius 1 is 1.15 bits per heavy atom. The summed E-state index contributed by atoms with van der Waals surface area (Å²) in [5.41, 5.74) is 2.90. The van der Waals surface area contributed by atoms with Crippen LogP contribution in [0.15, 0.2) is 42.5 Å². The van der Waals surface area contributed by atoms with Crippen LogP contribution in [0.25, 0.3) is 0 Å². The van der Waals surface area contributed by atoms with Crippen LogP contribution in [0.1, 0.15) is 49.9 Å². The van der Waals surface area contributed by atoms with Crippen molar-refractivity contribution in [1.29, 1.82) is 0 Å². The lowest BCUT2D eigenvalue weighted by molar-refractivity contribution is -0.134. The molecule has 1 heterocycles. The van der Waals surface area contributed by atoms with Gasteiger partial charge in [-0.25, -0.2) is 4.39 Å². The lowest BCUT2D eigenvalue weighted by Gasteiger charge is -2.38. The molecule has 1 aliphatic heterocycles. The van der Waals surface area contributed by atoms with E-state index in [-0.39, 0.29) is 29.6 Å². The van der Waals surface area contributed by atoms with Crippen molar-refractivity contribution in [2.24, 2.45) is 5.92 Å². The molecule has 0 bridgehead atoms. The predicted octanol–water partition coefficient (Wildman–Crippen LogP) is 3.88. The maximum Gasteiger partial charge on any atom is 0.260 e. The fourth-order valence-corrected chi connectivity index (χ4v) is 4.08. The molecule has 0 saturated carbocycles. The van der Waals surface area contributed by atoms with E-state index >= 15 is 0 Å². The molecular weight excluding hydrogens is 423 g/mol. The molecule has 2 aromatic rings. The van der Waals surface area contributed by atoms with Crippen LogP contribution >= 0.6 is 0 Å². The molecule has 0 spiro atoms. The molecule has 0 radical (unpaired) electrons. The zero-order chi connectivity index (χ0) is 24.0. The second kappa shape index (κ2) is 11.3. The third-order valence-electron chi connectivity index (χ3n) is 5.72. The number of carbonyl (C=O) groups is 2. The summed E-state index contributed by atoms with van der Waals surface area (Å²) >= 11 is 0. The monoisotopic (exact) mass is 456 g/mol. The van der Waals surface area contributed by atoms with Gasteiger partial charge in [0.1, 0.15) is 11.6 Å². The van der Waals surface area contributed by atoms with E-state index in [0.29, 0.717) is 31.9 Å². The maximum atomic E-state index is 13.6. The van der Waals surface area contributed by atoms with E-state index in [9.17, 15) is 14.0 Å². The fourth-order valence-electron chi connectivity index (χ4n) is 4.08. The Bertz CT molecular complexity index is 961. The highest BCUT2D eigenvalue weighted by molar-refractivity contribution is 5.80. The minimum atomic E-state index is -0.688.